The van der Waals surface area contributed by atoms with E-state index in [2.05, 4.69) is 11.8 Å². The molecule has 0 bridgehead atoms. The van der Waals surface area contributed by atoms with Gasteiger partial charge in [0.1, 0.15) is 23.4 Å². The van der Waals surface area contributed by atoms with E-state index in [1.807, 2.05) is 43.3 Å². The lowest BCUT2D eigenvalue weighted by molar-refractivity contribution is -0.140. The van der Waals surface area contributed by atoms with E-state index in [0.717, 1.165) is 61.4 Å². The highest BCUT2D eigenvalue weighted by Gasteiger charge is 2.46. The van der Waals surface area contributed by atoms with Crippen molar-refractivity contribution in [3.8, 4) is 11.5 Å². The average molecular weight is 535 g/mol. The first kappa shape index (κ1) is 27.2. The SMILES string of the molecule is CCCCCOc1ccc(C2C(=C(O)c3ccc4c(c3)CC(C)O4)C(=O)C(=O)N2CCN2CCOCC2)cc1. The van der Waals surface area contributed by atoms with Crippen molar-refractivity contribution in [2.24, 2.45) is 0 Å². The molecule has 2 saturated heterocycles. The van der Waals surface area contributed by atoms with Crippen molar-refractivity contribution in [2.45, 2.75) is 51.7 Å². The molecule has 3 heterocycles. The summed E-state index contributed by atoms with van der Waals surface area (Å²) in [5, 5.41) is 11.5. The molecule has 2 atom stereocenters. The average Bonchev–Trinajstić information content (AvgIpc) is 3.45. The van der Waals surface area contributed by atoms with Gasteiger partial charge in [-0.05, 0) is 54.8 Å². The number of unbranched alkanes of at least 4 members (excludes halogenated alkanes) is 2. The van der Waals surface area contributed by atoms with Crippen LogP contribution in [-0.4, -0.2) is 78.7 Å². The van der Waals surface area contributed by atoms with E-state index >= 15 is 0 Å². The van der Waals surface area contributed by atoms with Gasteiger partial charge in [0.15, 0.2) is 0 Å². The Balaban J connectivity index is 1.46. The number of fused-ring (bicyclic) bond motifs is 1. The number of rotatable bonds is 10. The summed E-state index contributed by atoms with van der Waals surface area (Å²) in [5.74, 6) is 0.121. The van der Waals surface area contributed by atoms with E-state index in [1.165, 1.54) is 0 Å². The Morgan fingerprint density at radius 1 is 1.05 bits per heavy atom. The number of amides is 1. The number of morpholine rings is 1. The van der Waals surface area contributed by atoms with Crippen LogP contribution >= 0.6 is 0 Å². The molecule has 8 nitrogen and oxygen atoms in total. The number of hydrogen-bond donors (Lipinski definition) is 1. The van der Waals surface area contributed by atoms with Gasteiger partial charge in [-0.3, -0.25) is 14.5 Å². The van der Waals surface area contributed by atoms with Gasteiger partial charge in [0, 0.05) is 38.2 Å². The smallest absolute Gasteiger partial charge is 0.295 e. The minimum Gasteiger partial charge on any atom is -0.507 e. The minimum absolute atomic E-state index is 0.0610. The van der Waals surface area contributed by atoms with E-state index in [1.54, 1.807) is 11.0 Å². The van der Waals surface area contributed by atoms with Gasteiger partial charge < -0.3 is 24.2 Å². The Morgan fingerprint density at radius 2 is 1.82 bits per heavy atom. The fourth-order valence-electron chi connectivity index (χ4n) is 5.54. The number of hydrogen-bond acceptors (Lipinski definition) is 7. The maximum absolute atomic E-state index is 13.4. The quantitative estimate of drug-likeness (QED) is 0.210. The second-order valence-corrected chi connectivity index (χ2v) is 10.5. The van der Waals surface area contributed by atoms with Gasteiger partial charge in [0.25, 0.3) is 11.7 Å². The van der Waals surface area contributed by atoms with Crippen LogP contribution in [0.1, 0.15) is 55.8 Å². The molecule has 0 aromatic heterocycles. The number of carbonyl (C=O) groups is 2. The monoisotopic (exact) mass is 534 g/mol. The molecule has 0 aliphatic carbocycles. The lowest BCUT2D eigenvalue weighted by Gasteiger charge is -2.31. The molecule has 0 radical (unpaired) electrons. The highest BCUT2D eigenvalue weighted by molar-refractivity contribution is 6.46. The van der Waals surface area contributed by atoms with Gasteiger partial charge in [0.2, 0.25) is 0 Å². The van der Waals surface area contributed by atoms with Crippen LogP contribution in [0.3, 0.4) is 0 Å². The zero-order valence-corrected chi connectivity index (χ0v) is 22.9. The molecule has 2 fully saturated rings. The lowest BCUT2D eigenvalue weighted by atomic mass is 9.94. The third kappa shape index (κ3) is 5.97. The number of aliphatic hydroxyl groups is 1. The predicted octanol–water partition coefficient (Wildman–Crippen LogP) is 4.33. The van der Waals surface area contributed by atoms with Gasteiger partial charge >= 0.3 is 0 Å². The summed E-state index contributed by atoms with van der Waals surface area (Å²) < 4.78 is 17.1. The first-order valence-electron chi connectivity index (χ1n) is 14.1. The van der Waals surface area contributed by atoms with Crippen LogP contribution in [0.4, 0.5) is 0 Å². The standard InChI is InChI=1S/C31H38N2O6/c1-3-4-5-16-38-25-9-6-22(7-10-25)28-27(29(34)23-8-11-26-24(20-23)19-21(2)39-26)30(35)31(36)33(28)13-12-32-14-17-37-18-15-32/h6-11,20-21,28,34H,3-5,12-19H2,1-2H3. The van der Waals surface area contributed by atoms with Crippen LogP contribution in [0.2, 0.25) is 0 Å². The fraction of sp³-hybridized carbons (Fsp3) is 0.484. The summed E-state index contributed by atoms with van der Waals surface area (Å²) in [7, 11) is 0. The molecule has 39 heavy (non-hydrogen) atoms. The van der Waals surface area contributed by atoms with E-state index in [-0.39, 0.29) is 17.4 Å². The van der Waals surface area contributed by atoms with Gasteiger partial charge in [0.05, 0.1) is 31.4 Å². The Morgan fingerprint density at radius 3 is 2.56 bits per heavy atom. The third-order valence-electron chi connectivity index (χ3n) is 7.68. The van der Waals surface area contributed by atoms with Crippen LogP contribution in [0.5, 0.6) is 11.5 Å². The topological polar surface area (TPSA) is 88.5 Å². The lowest BCUT2D eigenvalue weighted by Crippen LogP contribution is -2.42. The van der Waals surface area contributed by atoms with Gasteiger partial charge in [-0.25, -0.2) is 0 Å². The number of benzene rings is 2. The van der Waals surface area contributed by atoms with Crippen molar-refractivity contribution in [3.63, 3.8) is 0 Å². The van der Waals surface area contributed by atoms with E-state index in [9.17, 15) is 14.7 Å². The number of nitrogens with zero attached hydrogens (tertiary/aromatic N) is 2. The summed E-state index contributed by atoms with van der Waals surface area (Å²) >= 11 is 0. The second kappa shape index (κ2) is 12.2. The van der Waals surface area contributed by atoms with E-state index in [4.69, 9.17) is 14.2 Å². The minimum atomic E-state index is -0.691. The zero-order chi connectivity index (χ0) is 27.4. The van der Waals surface area contributed by atoms with Crippen LogP contribution in [0.25, 0.3) is 5.76 Å². The highest BCUT2D eigenvalue weighted by Crippen LogP contribution is 2.41. The highest BCUT2D eigenvalue weighted by atomic mass is 16.5. The van der Waals surface area contributed by atoms with Gasteiger partial charge in [-0.15, -0.1) is 0 Å². The molecule has 2 aromatic carbocycles. The molecule has 1 N–H and O–H groups in total. The first-order chi connectivity index (χ1) is 19.0. The van der Waals surface area contributed by atoms with Crippen molar-refractivity contribution in [2.75, 3.05) is 46.0 Å². The summed E-state index contributed by atoms with van der Waals surface area (Å²) in [6, 6.07) is 12.3. The summed E-state index contributed by atoms with van der Waals surface area (Å²) in [5.41, 5.74) is 2.37. The summed E-state index contributed by atoms with van der Waals surface area (Å²) in [4.78, 5) is 30.6. The molecule has 3 aliphatic heterocycles. The number of ketones is 1. The molecule has 2 aromatic rings. The van der Waals surface area contributed by atoms with E-state index in [0.29, 0.717) is 38.5 Å². The molecular weight excluding hydrogens is 496 g/mol. The van der Waals surface area contributed by atoms with Crippen LogP contribution in [-0.2, 0) is 20.7 Å². The van der Waals surface area contributed by atoms with Crippen LogP contribution < -0.4 is 9.47 Å². The molecule has 3 aliphatic rings. The van der Waals surface area contributed by atoms with E-state index < -0.39 is 17.7 Å². The first-order valence-corrected chi connectivity index (χ1v) is 14.1. The molecule has 0 spiro atoms. The van der Waals surface area contributed by atoms with Crippen molar-refractivity contribution < 1.29 is 28.9 Å². The number of Topliss-reactive ketones (excluding diaryl/α,β-unsaturated/α-hetero) is 1. The van der Waals surface area contributed by atoms with Gasteiger partial charge in [-0.2, -0.15) is 0 Å². The van der Waals surface area contributed by atoms with Crippen molar-refractivity contribution in [1.29, 1.82) is 0 Å². The molecule has 0 saturated carbocycles. The molecule has 2 unspecified atom stereocenters. The van der Waals surface area contributed by atoms with Crippen molar-refractivity contribution in [1.82, 2.24) is 9.80 Å². The normalized spacial score (nSPS) is 22.7. The predicted molar refractivity (Wildman–Crippen MR) is 148 cm³/mol. The number of aliphatic hydroxyl groups excluding tert-OH is 1. The van der Waals surface area contributed by atoms with Crippen molar-refractivity contribution >= 4 is 17.4 Å². The Labute approximate surface area is 230 Å². The largest absolute Gasteiger partial charge is 0.507 e. The van der Waals surface area contributed by atoms with Gasteiger partial charge in [-0.1, -0.05) is 31.9 Å². The third-order valence-corrected chi connectivity index (χ3v) is 7.68. The number of ether oxygens (including phenoxy) is 3. The molecule has 5 rings (SSSR count). The Hall–Kier alpha value is -3.36. The molecule has 208 valence electrons. The fourth-order valence-corrected chi connectivity index (χ4v) is 5.54. The summed E-state index contributed by atoms with van der Waals surface area (Å²) in [6.45, 7) is 8.67. The maximum atomic E-state index is 13.4. The zero-order valence-electron chi connectivity index (χ0n) is 22.9. The number of likely N-dealkylation sites (tertiary alicyclic amines) is 1. The Bertz CT molecular complexity index is 1220. The van der Waals surface area contributed by atoms with Crippen molar-refractivity contribution in [3.05, 3.63) is 64.7 Å². The number of carbonyl (C=O) groups excluding carboxylic acids is 2. The van der Waals surface area contributed by atoms with Crippen LogP contribution in [0, 0.1) is 0 Å². The maximum Gasteiger partial charge on any atom is 0.295 e. The second-order valence-electron chi connectivity index (χ2n) is 10.5. The molecule has 8 heteroatoms. The summed E-state index contributed by atoms with van der Waals surface area (Å²) in [6.07, 6.45) is 4.02. The Kier molecular flexibility index (Phi) is 8.53. The molecular formula is C31H38N2O6. The van der Waals surface area contributed by atoms with Crippen LogP contribution in [0.15, 0.2) is 48.0 Å². The molecule has 1 amide bonds.